The van der Waals surface area contributed by atoms with Crippen molar-refractivity contribution in [3.63, 3.8) is 0 Å². The Morgan fingerprint density at radius 1 is 0.800 bits per heavy atom. The maximum absolute atomic E-state index is 5.91. The molecule has 0 fully saturated rings. The smallest absolute Gasteiger partial charge is 0.133 e. The number of likely N-dealkylation sites (N-methyl/N-ethyl adjacent to an activating group) is 2. The van der Waals surface area contributed by atoms with Gasteiger partial charge in [-0.05, 0) is 134 Å². The molecular formula is C34H47Br2N7O2. The molecule has 244 valence electrons. The average molecular weight is 746 g/mol. The SMILES string of the molecule is CC1=NC(CCCc2cn(CCc3ccc(OCCN(C)C)c(Br)c3)nn2)=CN(CCc2ccc(OCCN(C)C)c(Br)c2)C1. The Kier molecular flexibility index (Phi) is 13.9. The van der Waals surface area contributed by atoms with E-state index in [4.69, 9.17) is 14.5 Å². The minimum Gasteiger partial charge on any atom is -0.491 e. The second-order valence-electron chi connectivity index (χ2n) is 12.1. The van der Waals surface area contributed by atoms with Crippen LogP contribution in [0, 0.1) is 0 Å². The first-order valence-corrected chi connectivity index (χ1v) is 17.2. The zero-order valence-corrected chi connectivity index (χ0v) is 30.5. The summed E-state index contributed by atoms with van der Waals surface area (Å²) in [4.78, 5) is 11.4. The van der Waals surface area contributed by atoms with Crippen molar-refractivity contribution in [1.82, 2.24) is 29.7 Å². The highest BCUT2D eigenvalue weighted by molar-refractivity contribution is 9.10. The first-order chi connectivity index (χ1) is 21.6. The van der Waals surface area contributed by atoms with Crippen LogP contribution in [0.25, 0.3) is 0 Å². The van der Waals surface area contributed by atoms with Gasteiger partial charge in [0.05, 0.1) is 26.9 Å². The molecule has 1 aliphatic rings. The fourth-order valence-corrected chi connectivity index (χ4v) is 6.04. The molecule has 0 radical (unpaired) electrons. The molecule has 2 heterocycles. The Hall–Kier alpha value is -2.73. The summed E-state index contributed by atoms with van der Waals surface area (Å²) in [5.41, 5.74) is 5.83. The molecule has 45 heavy (non-hydrogen) atoms. The molecule has 0 bridgehead atoms. The first-order valence-electron chi connectivity index (χ1n) is 15.6. The minimum atomic E-state index is 0.663. The van der Waals surface area contributed by atoms with Crippen LogP contribution in [0.4, 0.5) is 0 Å². The van der Waals surface area contributed by atoms with Crippen LogP contribution < -0.4 is 9.47 Å². The molecule has 0 saturated heterocycles. The Bertz CT molecular complexity index is 1440. The van der Waals surface area contributed by atoms with E-state index in [1.54, 1.807) is 0 Å². The van der Waals surface area contributed by atoms with Gasteiger partial charge in [0.25, 0.3) is 0 Å². The van der Waals surface area contributed by atoms with E-state index in [2.05, 4.69) is 107 Å². The molecule has 0 N–H and O–H groups in total. The molecule has 0 amide bonds. The number of halogens is 2. The van der Waals surface area contributed by atoms with Crippen molar-refractivity contribution in [3.05, 3.63) is 80.3 Å². The summed E-state index contributed by atoms with van der Waals surface area (Å²) in [7, 11) is 8.19. The van der Waals surface area contributed by atoms with Crippen molar-refractivity contribution in [2.75, 3.05) is 67.6 Å². The summed E-state index contributed by atoms with van der Waals surface area (Å²) < 4.78 is 15.7. The highest BCUT2D eigenvalue weighted by Crippen LogP contribution is 2.27. The zero-order chi connectivity index (χ0) is 32.2. The summed E-state index contributed by atoms with van der Waals surface area (Å²) in [5.74, 6) is 1.77. The predicted octanol–water partition coefficient (Wildman–Crippen LogP) is 6.11. The van der Waals surface area contributed by atoms with Crippen molar-refractivity contribution < 1.29 is 9.47 Å². The number of rotatable bonds is 18. The van der Waals surface area contributed by atoms with Crippen molar-refractivity contribution in [2.24, 2.45) is 4.99 Å². The molecule has 3 aromatic rings. The largest absolute Gasteiger partial charge is 0.491 e. The number of hydrogen-bond donors (Lipinski definition) is 0. The molecule has 0 spiro atoms. The fraction of sp³-hybridized carbons (Fsp3) is 0.500. The Morgan fingerprint density at radius 3 is 1.98 bits per heavy atom. The van der Waals surface area contributed by atoms with Gasteiger partial charge in [-0.25, -0.2) is 0 Å². The summed E-state index contributed by atoms with van der Waals surface area (Å²) in [6, 6.07) is 12.7. The van der Waals surface area contributed by atoms with E-state index in [1.165, 1.54) is 11.1 Å². The molecule has 4 rings (SSSR count). The third kappa shape index (κ3) is 12.2. The van der Waals surface area contributed by atoms with Crippen molar-refractivity contribution in [1.29, 1.82) is 0 Å². The van der Waals surface area contributed by atoms with Gasteiger partial charge in [-0.1, -0.05) is 17.3 Å². The molecular weight excluding hydrogens is 698 g/mol. The maximum Gasteiger partial charge on any atom is 0.133 e. The normalized spacial score (nSPS) is 13.4. The van der Waals surface area contributed by atoms with Crippen molar-refractivity contribution in [3.8, 4) is 11.5 Å². The van der Waals surface area contributed by atoms with E-state index < -0.39 is 0 Å². The molecule has 9 nitrogen and oxygen atoms in total. The number of aryl methyl sites for hydroxylation is 3. The molecule has 1 aliphatic heterocycles. The fourth-order valence-electron chi connectivity index (χ4n) is 4.96. The van der Waals surface area contributed by atoms with Gasteiger partial charge in [-0.15, -0.1) is 5.10 Å². The molecule has 2 aromatic carbocycles. The first kappa shape index (κ1) is 35.1. The van der Waals surface area contributed by atoms with Crippen LogP contribution in [0.15, 0.2) is 68.4 Å². The maximum atomic E-state index is 5.91. The molecule has 1 aromatic heterocycles. The number of aromatic nitrogens is 3. The van der Waals surface area contributed by atoms with Gasteiger partial charge in [-0.3, -0.25) is 9.67 Å². The van der Waals surface area contributed by atoms with Gasteiger partial charge in [0, 0.05) is 44.3 Å². The van der Waals surface area contributed by atoms with E-state index in [0.29, 0.717) is 13.2 Å². The van der Waals surface area contributed by atoms with E-state index in [0.717, 1.165) is 102 Å². The predicted molar refractivity (Wildman–Crippen MR) is 190 cm³/mol. The lowest BCUT2D eigenvalue weighted by atomic mass is 10.1. The topological polar surface area (TPSA) is 71.2 Å². The molecule has 0 aliphatic carbocycles. The number of benzene rings is 2. The number of ether oxygens (including phenoxy) is 2. The standard InChI is InChI=1S/C34H47Br2N7O2/c1-26-23-42(15-13-27-9-11-33(31(35)21-27)44-19-17-40(2)3)24-29(37-26)7-6-8-30-25-43(39-38-30)16-14-28-10-12-34(32(36)22-28)45-20-18-41(4)5/h9-12,21-22,24-25H,6-8,13-20,23H2,1-5H3. The highest BCUT2D eigenvalue weighted by atomic mass is 79.9. The second-order valence-corrected chi connectivity index (χ2v) is 13.8. The molecule has 11 heteroatoms. The third-order valence-electron chi connectivity index (χ3n) is 7.45. The van der Waals surface area contributed by atoms with Crippen molar-refractivity contribution in [2.45, 2.75) is 45.6 Å². The van der Waals surface area contributed by atoms with Crippen LogP contribution in [0.5, 0.6) is 11.5 Å². The monoisotopic (exact) mass is 743 g/mol. The lowest BCUT2D eigenvalue weighted by Crippen LogP contribution is -2.29. The van der Waals surface area contributed by atoms with Gasteiger partial charge in [0.15, 0.2) is 0 Å². The van der Waals surface area contributed by atoms with Crippen LogP contribution in [-0.4, -0.2) is 103 Å². The van der Waals surface area contributed by atoms with Gasteiger partial charge in [-0.2, -0.15) is 0 Å². The second kappa shape index (κ2) is 17.8. The summed E-state index contributed by atoms with van der Waals surface area (Å²) in [6.45, 7) is 7.82. The van der Waals surface area contributed by atoms with Crippen LogP contribution in [0.1, 0.15) is 36.6 Å². The minimum absolute atomic E-state index is 0.663. The van der Waals surface area contributed by atoms with E-state index >= 15 is 0 Å². The van der Waals surface area contributed by atoms with Crippen LogP contribution in [0.3, 0.4) is 0 Å². The lowest BCUT2D eigenvalue weighted by Gasteiger charge is -2.25. The molecule has 0 saturated carbocycles. The summed E-state index contributed by atoms with van der Waals surface area (Å²) in [6.07, 6.45) is 8.92. The summed E-state index contributed by atoms with van der Waals surface area (Å²) in [5, 5.41) is 8.79. The molecule has 0 unspecified atom stereocenters. The summed E-state index contributed by atoms with van der Waals surface area (Å²) >= 11 is 7.33. The Balaban J connectivity index is 1.19. The van der Waals surface area contributed by atoms with Crippen LogP contribution in [0.2, 0.25) is 0 Å². The Morgan fingerprint density at radius 2 is 1.40 bits per heavy atom. The van der Waals surface area contributed by atoms with E-state index in [9.17, 15) is 0 Å². The van der Waals surface area contributed by atoms with Crippen molar-refractivity contribution >= 4 is 37.6 Å². The molecule has 0 atom stereocenters. The van der Waals surface area contributed by atoms with Crippen LogP contribution >= 0.6 is 31.9 Å². The highest BCUT2D eigenvalue weighted by Gasteiger charge is 2.13. The van der Waals surface area contributed by atoms with Gasteiger partial charge in [0.1, 0.15) is 24.7 Å². The van der Waals surface area contributed by atoms with Crippen LogP contribution in [-0.2, 0) is 25.8 Å². The lowest BCUT2D eigenvalue weighted by molar-refractivity contribution is 0.260. The van der Waals surface area contributed by atoms with Gasteiger partial charge < -0.3 is 24.2 Å². The third-order valence-corrected chi connectivity index (χ3v) is 8.69. The average Bonchev–Trinajstić information content (AvgIpc) is 3.44. The number of nitrogens with zero attached hydrogens (tertiary/aromatic N) is 7. The number of allylic oxidation sites excluding steroid dienone is 1. The number of hydrogen-bond acceptors (Lipinski definition) is 8. The number of aliphatic imine (C=N–C) groups is 1. The van der Waals surface area contributed by atoms with E-state index in [-0.39, 0.29) is 0 Å². The van der Waals surface area contributed by atoms with E-state index in [1.807, 2.05) is 38.9 Å². The Labute approximate surface area is 285 Å². The van der Waals surface area contributed by atoms with Gasteiger partial charge >= 0.3 is 0 Å². The zero-order valence-electron chi connectivity index (χ0n) is 27.3. The quantitative estimate of drug-likeness (QED) is 0.156. The van der Waals surface area contributed by atoms with Gasteiger partial charge in [0.2, 0.25) is 0 Å².